The third-order valence-electron chi connectivity index (χ3n) is 5.36. The van der Waals surface area contributed by atoms with Gasteiger partial charge in [0.05, 0.1) is 5.69 Å². The highest BCUT2D eigenvalue weighted by Gasteiger charge is 2.37. The number of aromatic amines is 1. The highest BCUT2D eigenvalue weighted by molar-refractivity contribution is 6.00. The van der Waals surface area contributed by atoms with Gasteiger partial charge < -0.3 is 15.2 Å². The molecule has 5 nitrogen and oxygen atoms in total. The number of anilines is 1. The summed E-state index contributed by atoms with van der Waals surface area (Å²) in [7, 11) is 0. The number of carbonyl (C=O) groups is 1. The number of nitrogens with one attached hydrogen (secondary N) is 2. The fourth-order valence-corrected chi connectivity index (χ4v) is 4.07. The number of H-pyrrole nitrogens is 1. The SMILES string of the molecule is CCC1CN2CCCC2CN1C(=O)Nc1cccc2[nH]ccc12. The number of hydrogen-bond donors (Lipinski definition) is 2. The van der Waals surface area contributed by atoms with Gasteiger partial charge >= 0.3 is 6.03 Å². The molecule has 1 aromatic carbocycles. The Morgan fingerprint density at radius 2 is 2.26 bits per heavy atom. The molecule has 0 aliphatic carbocycles. The molecular weight excluding hydrogens is 288 g/mol. The lowest BCUT2D eigenvalue weighted by molar-refractivity contribution is 0.0767. The number of piperazine rings is 1. The van der Waals surface area contributed by atoms with Crippen molar-refractivity contribution in [2.24, 2.45) is 0 Å². The predicted molar refractivity (Wildman–Crippen MR) is 92.7 cm³/mol. The van der Waals surface area contributed by atoms with Crippen molar-refractivity contribution >= 4 is 22.6 Å². The van der Waals surface area contributed by atoms with Gasteiger partial charge in [-0.2, -0.15) is 0 Å². The molecule has 2 aliphatic heterocycles. The van der Waals surface area contributed by atoms with E-state index in [9.17, 15) is 4.79 Å². The van der Waals surface area contributed by atoms with E-state index in [1.807, 2.05) is 30.5 Å². The van der Waals surface area contributed by atoms with E-state index in [1.165, 1.54) is 19.4 Å². The fraction of sp³-hybridized carbons (Fsp3) is 0.500. The maximum atomic E-state index is 12.9. The Bertz CT molecular complexity index is 710. The van der Waals surface area contributed by atoms with Crippen molar-refractivity contribution < 1.29 is 4.79 Å². The second kappa shape index (κ2) is 5.89. The normalized spacial score (nSPS) is 24.8. The Labute approximate surface area is 136 Å². The van der Waals surface area contributed by atoms with Gasteiger partial charge in [-0.05, 0) is 44.0 Å². The quantitative estimate of drug-likeness (QED) is 0.894. The van der Waals surface area contributed by atoms with Crippen LogP contribution in [0.2, 0.25) is 0 Å². The fourth-order valence-electron chi connectivity index (χ4n) is 4.07. The Morgan fingerprint density at radius 1 is 1.35 bits per heavy atom. The molecule has 23 heavy (non-hydrogen) atoms. The molecule has 0 spiro atoms. The van der Waals surface area contributed by atoms with E-state index in [0.29, 0.717) is 12.1 Å². The number of nitrogens with zero attached hydrogens (tertiary/aromatic N) is 2. The molecule has 2 atom stereocenters. The molecule has 0 radical (unpaired) electrons. The zero-order chi connectivity index (χ0) is 15.8. The molecular formula is C18H24N4O. The van der Waals surface area contributed by atoms with Crippen LogP contribution in [0.25, 0.3) is 10.9 Å². The van der Waals surface area contributed by atoms with Crippen LogP contribution in [0, 0.1) is 0 Å². The molecule has 2 saturated heterocycles. The van der Waals surface area contributed by atoms with Gasteiger partial charge in [0, 0.05) is 42.3 Å². The van der Waals surface area contributed by atoms with Crippen LogP contribution in [0.5, 0.6) is 0 Å². The van der Waals surface area contributed by atoms with Gasteiger partial charge in [0.1, 0.15) is 0 Å². The first-order valence-corrected chi connectivity index (χ1v) is 8.64. The number of urea groups is 1. The maximum Gasteiger partial charge on any atom is 0.322 e. The van der Waals surface area contributed by atoms with Gasteiger partial charge in [0.25, 0.3) is 0 Å². The minimum Gasteiger partial charge on any atom is -0.361 e. The predicted octanol–water partition coefficient (Wildman–Crippen LogP) is 3.26. The van der Waals surface area contributed by atoms with Crippen molar-refractivity contribution in [3.8, 4) is 0 Å². The molecule has 1 aromatic heterocycles. The second-order valence-electron chi connectivity index (χ2n) is 6.68. The highest BCUT2D eigenvalue weighted by atomic mass is 16.2. The molecule has 2 fully saturated rings. The van der Waals surface area contributed by atoms with Crippen LogP contribution in [0.15, 0.2) is 30.5 Å². The summed E-state index contributed by atoms with van der Waals surface area (Å²) in [6, 6.07) is 8.88. The number of carbonyl (C=O) groups excluding carboxylic acids is 1. The van der Waals surface area contributed by atoms with Crippen LogP contribution in [0.4, 0.5) is 10.5 Å². The first-order chi connectivity index (χ1) is 11.3. The topological polar surface area (TPSA) is 51.4 Å². The molecule has 2 unspecified atom stereocenters. The Morgan fingerprint density at radius 3 is 3.13 bits per heavy atom. The summed E-state index contributed by atoms with van der Waals surface area (Å²) in [5.41, 5.74) is 1.94. The number of benzene rings is 1. The van der Waals surface area contributed by atoms with Crippen molar-refractivity contribution in [3.63, 3.8) is 0 Å². The number of fused-ring (bicyclic) bond motifs is 2. The van der Waals surface area contributed by atoms with Crippen molar-refractivity contribution in [2.75, 3.05) is 25.0 Å². The third-order valence-corrected chi connectivity index (χ3v) is 5.36. The summed E-state index contributed by atoms with van der Waals surface area (Å²) in [6.45, 7) is 5.24. The van der Waals surface area contributed by atoms with Gasteiger partial charge in [-0.15, -0.1) is 0 Å². The van der Waals surface area contributed by atoms with E-state index in [0.717, 1.165) is 36.1 Å². The van der Waals surface area contributed by atoms with Gasteiger partial charge in [0.2, 0.25) is 0 Å². The zero-order valence-corrected chi connectivity index (χ0v) is 13.6. The van der Waals surface area contributed by atoms with Gasteiger partial charge in [-0.25, -0.2) is 4.79 Å². The van der Waals surface area contributed by atoms with Crippen LogP contribution >= 0.6 is 0 Å². The van der Waals surface area contributed by atoms with Gasteiger partial charge in [-0.1, -0.05) is 13.0 Å². The van der Waals surface area contributed by atoms with E-state index < -0.39 is 0 Å². The van der Waals surface area contributed by atoms with E-state index in [-0.39, 0.29) is 6.03 Å². The Hall–Kier alpha value is -2.01. The first kappa shape index (κ1) is 14.6. The maximum absolute atomic E-state index is 12.9. The average molecular weight is 312 g/mol. The van der Waals surface area contributed by atoms with Gasteiger partial charge in [0.15, 0.2) is 0 Å². The lowest BCUT2D eigenvalue weighted by Crippen LogP contribution is -2.58. The molecule has 5 heteroatoms. The second-order valence-corrected chi connectivity index (χ2v) is 6.68. The van der Waals surface area contributed by atoms with Crippen LogP contribution in [-0.4, -0.2) is 52.5 Å². The first-order valence-electron chi connectivity index (χ1n) is 8.64. The molecule has 122 valence electrons. The summed E-state index contributed by atoms with van der Waals surface area (Å²) in [6.07, 6.45) is 5.39. The van der Waals surface area contributed by atoms with E-state index in [1.54, 1.807) is 0 Å². The van der Waals surface area contributed by atoms with Crippen LogP contribution in [0.3, 0.4) is 0 Å². The molecule has 0 bridgehead atoms. The number of hydrogen-bond acceptors (Lipinski definition) is 2. The lowest BCUT2D eigenvalue weighted by atomic mass is 10.1. The number of aromatic nitrogens is 1. The summed E-state index contributed by atoms with van der Waals surface area (Å²) in [5, 5.41) is 4.20. The van der Waals surface area contributed by atoms with Crippen molar-refractivity contribution in [3.05, 3.63) is 30.5 Å². The summed E-state index contributed by atoms with van der Waals surface area (Å²) < 4.78 is 0. The Kier molecular flexibility index (Phi) is 3.73. The van der Waals surface area contributed by atoms with Crippen molar-refractivity contribution in [1.29, 1.82) is 0 Å². The average Bonchev–Trinajstić information content (AvgIpc) is 3.22. The largest absolute Gasteiger partial charge is 0.361 e. The smallest absolute Gasteiger partial charge is 0.322 e. The molecule has 0 saturated carbocycles. The highest BCUT2D eigenvalue weighted by Crippen LogP contribution is 2.27. The van der Waals surface area contributed by atoms with Crippen LogP contribution in [-0.2, 0) is 0 Å². The Balaban J connectivity index is 1.54. The minimum atomic E-state index is 0.0390. The molecule has 2 amide bonds. The van der Waals surface area contributed by atoms with E-state index >= 15 is 0 Å². The van der Waals surface area contributed by atoms with Gasteiger partial charge in [-0.3, -0.25) is 4.90 Å². The number of amides is 2. The molecule has 2 aromatic rings. The van der Waals surface area contributed by atoms with E-state index in [2.05, 4.69) is 27.0 Å². The van der Waals surface area contributed by atoms with Crippen molar-refractivity contribution in [2.45, 2.75) is 38.3 Å². The lowest BCUT2D eigenvalue weighted by Gasteiger charge is -2.43. The zero-order valence-electron chi connectivity index (χ0n) is 13.6. The minimum absolute atomic E-state index is 0.0390. The molecule has 2 N–H and O–H groups in total. The summed E-state index contributed by atoms with van der Waals surface area (Å²) in [4.78, 5) is 20.7. The molecule has 4 rings (SSSR count). The van der Waals surface area contributed by atoms with Crippen molar-refractivity contribution in [1.82, 2.24) is 14.8 Å². The summed E-state index contributed by atoms with van der Waals surface area (Å²) >= 11 is 0. The van der Waals surface area contributed by atoms with Crippen LogP contribution < -0.4 is 5.32 Å². The molecule has 2 aliphatic rings. The standard InChI is InChI=1S/C18H24N4O/c1-2-13-11-21-10-4-5-14(21)12-22(13)18(23)20-17-7-3-6-16-15(17)8-9-19-16/h3,6-9,13-14,19H,2,4-5,10-12H2,1H3,(H,20,23). The number of rotatable bonds is 2. The summed E-state index contributed by atoms with van der Waals surface area (Å²) in [5.74, 6) is 0. The van der Waals surface area contributed by atoms with Crippen LogP contribution in [0.1, 0.15) is 26.2 Å². The monoisotopic (exact) mass is 312 g/mol. The molecule has 3 heterocycles. The third kappa shape index (κ3) is 2.59. The van der Waals surface area contributed by atoms with E-state index in [4.69, 9.17) is 0 Å².